The van der Waals surface area contributed by atoms with Gasteiger partial charge >= 0.3 is 12.0 Å². The van der Waals surface area contributed by atoms with Crippen molar-refractivity contribution in [1.29, 1.82) is 0 Å². The van der Waals surface area contributed by atoms with Gasteiger partial charge in [-0.05, 0) is 101 Å². The SMILES string of the molecule is CC(C)(C)OC(=O)c1c(NC(=O)NCc2c(-n3cccc3)sc3c2CCC(CCO)C3)sc2c1CCCC2. The topological polar surface area (TPSA) is 92.6 Å². The molecule has 0 spiro atoms. The Bertz CT molecular complexity index is 1300. The summed E-state index contributed by atoms with van der Waals surface area (Å²) in [5, 5.41) is 17.2. The van der Waals surface area contributed by atoms with E-state index in [-0.39, 0.29) is 18.6 Å². The van der Waals surface area contributed by atoms with Crippen LogP contribution in [-0.2, 0) is 37.0 Å². The molecule has 0 radical (unpaired) electrons. The minimum absolute atomic E-state index is 0.224. The molecule has 3 aromatic heterocycles. The number of aliphatic hydroxyl groups excluding tert-OH is 1. The van der Waals surface area contributed by atoms with Crippen molar-refractivity contribution in [3.8, 4) is 5.00 Å². The first-order valence-electron chi connectivity index (χ1n) is 13.5. The number of urea groups is 1. The van der Waals surface area contributed by atoms with Gasteiger partial charge in [-0.25, -0.2) is 9.59 Å². The van der Waals surface area contributed by atoms with Crippen molar-refractivity contribution in [2.45, 2.75) is 84.3 Å². The number of fused-ring (bicyclic) bond motifs is 2. The van der Waals surface area contributed by atoms with Crippen LogP contribution in [-0.4, -0.2) is 33.9 Å². The normalized spacial score (nSPS) is 17.0. The molecule has 0 saturated heterocycles. The first kappa shape index (κ1) is 27.0. The third-order valence-electron chi connectivity index (χ3n) is 7.26. The summed E-state index contributed by atoms with van der Waals surface area (Å²) in [6.45, 7) is 6.21. The standard InChI is InChI=1S/C29H37N3O4S2/c1-29(2,3)36-27(34)24-20-8-4-5-9-22(20)37-25(24)31-28(35)30-17-21-19-11-10-18(12-15-33)16-23(19)38-26(21)32-13-6-7-14-32/h6-7,13-14,18,33H,4-5,8-12,15-17H2,1-3H3,(H2,30,31,35). The Morgan fingerprint density at radius 3 is 2.58 bits per heavy atom. The van der Waals surface area contributed by atoms with Gasteiger partial charge in [-0.3, -0.25) is 5.32 Å². The number of hydrogen-bond donors (Lipinski definition) is 3. The molecule has 204 valence electrons. The molecular weight excluding hydrogens is 518 g/mol. The zero-order valence-corrected chi connectivity index (χ0v) is 24.0. The van der Waals surface area contributed by atoms with E-state index in [0.717, 1.165) is 67.5 Å². The molecule has 3 heterocycles. The number of carbonyl (C=O) groups is 2. The van der Waals surface area contributed by atoms with E-state index in [1.807, 2.05) is 45.3 Å². The number of nitrogens with zero attached hydrogens (tertiary/aromatic N) is 1. The molecule has 1 atom stereocenters. The second kappa shape index (κ2) is 11.2. The minimum atomic E-state index is -0.608. The number of aromatic nitrogens is 1. The van der Waals surface area contributed by atoms with Crippen molar-refractivity contribution in [3.63, 3.8) is 0 Å². The van der Waals surface area contributed by atoms with Crippen molar-refractivity contribution < 1.29 is 19.4 Å². The Balaban J connectivity index is 1.35. The molecule has 2 amide bonds. The molecule has 3 aromatic rings. The van der Waals surface area contributed by atoms with Crippen molar-refractivity contribution in [1.82, 2.24) is 9.88 Å². The fourth-order valence-electron chi connectivity index (χ4n) is 5.51. The van der Waals surface area contributed by atoms with E-state index in [9.17, 15) is 14.7 Å². The molecule has 0 aliphatic heterocycles. The van der Waals surface area contributed by atoms with Crippen LogP contribution in [0.2, 0.25) is 0 Å². The van der Waals surface area contributed by atoms with E-state index in [0.29, 0.717) is 23.0 Å². The Morgan fingerprint density at radius 1 is 1.08 bits per heavy atom. The van der Waals surface area contributed by atoms with Crippen LogP contribution in [0.25, 0.3) is 5.00 Å². The fourth-order valence-corrected chi connectivity index (χ4v) is 8.23. The second-order valence-electron chi connectivity index (χ2n) is 11.2. The van der Waals surface area contributed by atoms with E-state index in [1.165, 1.54) is 26.7 Å². The first-order chi connectivity index (χ1) is 18.2. The lowest BCUT2D eigenvalue weighted by Gasteiger charge is -2.22. The summed E-state index contributed by atoms with van der Waals surface area (Å²) in [6, 6.07) is 3.70. The zero-order valence-electron chi connectivity index (χ0n) is 22.4. The zero-order chi connectivity index (χ0) is 26.9. The number of aryl methyl sites for hydroxylation is 1. The van der Waals surface area contributed by atoms with E-state index >= 15 is 0 Å². The number of esters is 1. The van der Waals surface area contributed by atoms with Crippen molar-refractivity contribution in [2.75, 3.05) is 11.9 Å². The number of aliphatic hydroxyl groups is 1. The van der Waals surface area contributed by atoms with Crippen LogP contribution in [0.4, 0.5) is 9.80 Å². The average Bonchev–Trinajstić information content (AvgIpc) is 3.58. The highest BCUT2D eigenvalue weighted by molar-refractivity contribution is 7.17. The van der Waals surface area contributed by atoms with Gasteiger partial charge in [0.05, 0.1) is 5.56 Å². The molecule has 7 nitrogen and oxygen atoms in total. The molecule has 2 aliphatic carbocycles. The largest absolute Gasteiger partial charge is 0.456 e. The Morgan fingerprint density at radius 2 is 1.84 bits per heavy atom. The lowest BCUT2D eigenvalue weighted by molar-refractivity contribution is 0.00699. The summed E-state index contributed by atoms with van der Waals surface area (Å²) < 4.78 is 7.83. The number of hydrogen-bond acceptors (Lipinski definition) is 6. The van der Waals surface area contributed by atoms with Gasteiger partial charge in [0.15, 0.2) is 0 Å². The summed E-state index contributed by atoms with van der Waals surface area (Å²) >= 11 is 3.29. The van der Waals surface area contributed by atoms with Crippen molar-refractivity contribution in [3.05, 3.63) is 56.5 Å². The van der Waals surface area contributed by atoms with E-state index in [1.54, 1.807) is 11.3 Å². The number of ether oxygens (including phenoxy) is 1. The van der Waals surface area contributed by atoms with Crippen molar-refractivity contribution in [2.24, 2.45) is 5.92 Å². The summed E-state index contributed by atoms with van der Waals surface area (Å²) in [6.07, 6.45) is 11.8. The minimum Gasteiger partial charge on any atom is -0.456 e. The molecule has 5 rings (SSSR count). The molecular formula is C29H37N3O4S2. The third kappa shape index (κ3) is 5.84. The van der Waals surface area contributed by atoms with Crippen LogP contribution >= 0.6 is 22.7 Å². The van der Waals surface area contributed by atoms with Gasteiger partial charge in [0.1, 0.15) is 15.6 Å². The molecule has 38 heavy (non-hydrogen) atoms. The summed E-state index contributed by atoms with van der Waals surface area (Å²) in [4.78, 5) is 28.9. The Kier molecular flexibility index (Phi) is 7.98. The highest BCUT2D eigenvalue weighted by Gasteiger charge is 2.30. The van der Waals surface area contributed by atoms with Gasteiger partial charge in [0.25, 0.3) is 0 Å². The third-order valence-corrected chi connectivity index (χ3v) is 9.78. The number of rotatable bonds is 7. The van der Waals surface area contributed by atoms with E-state index < -0.39 is 5.60 Å². The molecule has 0 saturated carbocycles. The smallest absolute Gasteiger partial charge is 0.341 e. The van der Waals surface area contributed by atoms with Gasteiger partial charge in [-0.2, -0.15) is 0 Å². The van der Waals surface area contributed by atoms with Crippen LogP contribution < -0.4 is 10.6 Å². The Labute approximate surface area is 232 Å². The molecule has 0 fully saturated rings. The average molecular weight is 556 g/mol. The lowest BCUT2D eigenvalue weighted by atomic mass is 9.85. The number of carbonyl (C=O) groups excluding carboxylic acids is 2. The lowest BCUT2D eigenvalue weighted by Crippen LogP contribution is -2.30. The predicted octanol–water partition coefficient (Wildman–Crippen LogP) is 6.24. The van der Waals surface area contributed by atoms with Crippen LogP contribution in [0.1, 0.15) is 83.3 Å². The van der Waals surface area contributed by atoms with Crippen LogP contribution in [0.15, 0.2) is 24.5 Å². The van der Waals surface area contributed by atoms with Crippen LogP contribution in [0, 0.1) is 5.92 Å². The fraction of sp³-hybridized carbons (Fsp3) is 0.517. The number of nitrogens with one attached hydrogen (secondary N) is 2. The Hall–Kier alpha value is -2.62. The maximum Gasteiger partial charge on any atom is 0.341 e. The summed E-state index contributed by atoms with van der Waals surface area (Å²) in [7, 11) is 0. The van der Waals surface area contributed by atoms with Gasteiger partial charge in [0, 0.05) is 40.9 Å². The van der Waals surface area contributed by atoms with Crippen molar-refractivity contribution >= 4 is 39.7 Å². The highest BCUT2D eigenvalue weighted by atomic mass is 32.1. The molecule has 9 heteroatoms. The molecule has 0 aromatic carbocycles. The second-order valence-corrected chi connectivity index (χ2v) is 13.4. The maximum atomic E-state index is 13.2. The van der Waals surface area contributed by atoms with Gasteiger partial charge < -0.3 is 19.7 Å². The predicted molar refractivity (Wildman–Crippen MR) is 153 cm³/mol. The molecule has 3 N–H and O–H groups in total. The van der Waals surface area contributed by atoms with E-state index in [2.05, 4.69) is 15.2 Å². The number of amides is 2. The quantitative estimate of drug-likeness (QED) is 0.301. The number of anilines is 1. The monoisotopic (exact) mass is 555 g/mol. The molecule has 0 bridgehead atoms. The van der Waals surface area contributed by atoms with Crippen LogP contribution in [0.5, 0.6) is 0 Å². The number of thiophene rings is 2. The first-order valence-corrected chi connectivity index (χ1v) is 15.2. The van der Waals surface area contributed by atoms with E-state index in [4.69, 9.17) is 4.74 Å². The summed E-state index contributed by atoms with van der Waals surface area (Å²) in [5.74, 6) is 0.135. The highest BCUT2D eigenvalue weighted by Crippen LogP contribution is 2.41. The van der Waals surface area contributed by atoms with Gasteiger partial charge in [0.2, 0.25) is 0 Å². The molecule has 2 aliphatic rings. The molecule has 1 unspecified atom stereocenters. The van der Waals surface area contributed by atoms with Gasteiger partial charge in [-0.15, -0.1) is 22.7 Å². The van der Waals surface area contributed by atoms with Crippen LogP contribution in [0.3, 0.4) is 0 Å². The summed E-state index contributed by atoms with van der Waals surface area (Å²) in [5.41, 5.74) is 3.42. The maximum absolute atomic E-state index is 13.2. The van der Waals surface area contributed by atoms with Gasteiger partial charge in [-0.1, -0.05) is 0 Å².